The van der Waals surface area contributed by atoms with E-state index in [1.165, 1.54) is 4.90 Å². The molecular formula is C18H14ClNOS. The molecule has 0 saturated carbocycles. The molecule has 0 unspecified atom stereocenters. The molecule has 0 amide bonds. The number of hydrogen-bond acceptors (Lipinski definition) is 3. The molecule has 0 saturated heterocycles. The van der Waals surface area contributed by atoms with Gasteiger partial charge in [-0.05, 0) is 48.5 Å². The first-order chi connectivity index (χ1) is 10.8. The quantitative estimate of drug-likeness (QED) is 0.435. The molecule has 0 aliphatic rings. The summed E-state index contributed by atoms with van der Waals surface area (Å²) in [7, 11) is 0. The van der Waals surface area contributed by atoms with Crippen molar-refractivity contribution >= 4 is 23.4 Å². The summed E-state index contributed by atoms with van der Waals surface area (Å²) in [6.45, 7) is 0. The second kappa shape index (κ2) is 7.34. The maximum absolute atomic E-state index is 5.89. The zero-order valence-corrected chi connectivity index (χ0v) is 13.3. The SMILES string of the molecule is Clc1cccc(CSc2ccc(Oc3ccccc3)cc2)n1. The van der Waals surface area contributed by atoms with Gasteiger partial charge in [0.15, 0.2) is 0 Å². The van der Waals surface area contributed by atoms with Crippen LogP contribution in [0.25, 0.3) is 0 Å². The molecule has 1 aromatic heterocycles. The van der Waals surface area contributed by atoms with E-state index in [1.807, 2.05) is 66.7 Å². The number of hydrogen-bond donors (Lipinski definition) is 0. The fourth-order valence-electron chi connectivity index (χ4n) is 1.92. The van der Waals surface area contributed by atoms with E-state index in [-0.39, 0.29) is 0 Å². The lowest BCUT2D eigenvalue weighted by atomic mass is 10.3. The van der Waals surface area contributed by atoms with Gasteiger partial charge in [0, 0.05) is 10.6 Å². The molecule has 0 spiro atoms. The van der Waals surface area contributed by atoms with Crippen LogP contribution >= 0.6 is 23.4 Å². The molecule has 0 N–H and O–H groups in total. The van der Waals surface area contributed by atoms with E-state index in [0.717, 1.165) is 22.9 Å². The van der Waals surface area contributed by atoms with Crippen LogP contribution in [0.2, 0.25) is 5.15 Å². The van der Waals surface area contributed by atoms with Gasteiger partial charge in [0.25, 0.3) is 0 Å². The number of pyridine rings is 1. The molecule has 22 heavy (non-hydrogen) atoms. The van der Waals surface area contributed by atoms with Crippen molar-refractivity contribution in [3.63, 3.8) is 0 Å². The first kappa shape index (κ1) is 14.9. The zero-order chi connectivity index (χ0) is 15.2. The molecule has 2 aromatic carbocycles. The number of halogens is 1. The fraction of sp³-hybridized carbons (Fsp3) is 0.0556. The molecular weight excluding hydrogens is 314 g/mol. The first-order valence-electron chi connectivity index (χ1n) is 6.87. The molecule has 0 fully saturated rings. The Morgan fingerprint density at radius 1 is 0.818 bits per heavy atom. The van der Waals surface area contributed by atoms with Gasteiger partial charge in [-0.15, -0.1) is 11.8 Å². The van der Waals surface area contributed by atoms with Gasteiger partial charge in [0.2, 0.25) is 0 Å². The highest BCUT2D eigenvalue weighted by Crippen LogP contribution is 2.27. The van der Waals surface area contributed by atoms with Crippen molar-refractivity contribution in [3.8, 4) is 11.5 Å². The second-order valence-electron chi connectivity index (χ2n) is 4.63. The third kappa shape index (κ3) is 4.26. The highest BCUT2D eigenvalue weighted by atomic mass is 35.5. The smallest absolute Gasteiger partial charge is 0.129 e. The molecule has 0 radical (unpaired) electrons. The van der Waals surface area contributed by atoms with Crippen LogP contribution in [0.1, 0.15) is 5.69 Å². The maximum atomic E-state index is 5.89. The van der Waals surface area contributed by atoms with E-state index in [2.05, 4.69) is 4.98 Å². The predicted molar refractivity (Wildman–Crippen MR) is 91.8 cm³/mol. The number of nitrogens with zero attached hydrogens (tertiary/aromatic N) is 1. The van der Waals surface area contributed by atoms with E-state index in [9.17, 15) is 0 Å². The highest BCUT2D eigenvalue weighted by molar-refractivity contribution is 7.98. The lowest BCUT2D eigenvalue weighted by molar-refractivity contribution is 0.482. The Bertz CT molecular complexity index is 732. The Morgan fingerprint density at radius 2 is 1.55 bits per heavy atom. The predicted octanol–water partition coefficient (Wildman–Crippen LogP) is 5.82. The summed E-state index contributed by atoms with van der Waals surface area (Å²) in [5.41, 5.74) is 0.974. The monoisotopic (exact) mass is 327 g/mol. The van der Waals surface area contributed by atoms with Crippen LogP contribution in [0.4, 0.5) is 0 Å². The number of thioether (sulfide) groups is 1. The highest BCUT2D eigenvalue weighted by Gasteiger charge is 2.00. The van der Waals surface area contributed by atoms with E-state index in [0.29, 0.717) is 5.15 Å². The summed E-state index contributed by atoms with van der Waals surface area (Å²) in [5, 5.41) is 0.532. The Hall–Kier alpha value is -1.97. The second-order valence-corrected chi connectivity index (χ2v) is 6.06. The Balaban J connectivity index is 1.60. The summed E-state index contributed by atoms with van der Waals surface area (Å²) in [5.74, 6) is 2.46. The molecule has 3 aromatic rings. The molecule has 4 heteroatoms. The third-order valence-electron chi connectivity index (χ3n) is 2.96. The van der Waals surface area contributed by atoms with Crippen molar-refractivity contribution in [3.05, 3.63) is 83.6 Å². The van der Waals surface area contributed by atoms with Gasteiger partial charge >= 0.3 is 0 Å². The molecule has 0 aliphatic carbocycles. The van der Waals surface area contributed by atoms with E-state index >= 15 is 0 Å². The maximum Gasteiger partial charge on any atom is 0.129 e. The van der Waals surface area contributed by atoms with Crippen LogP contribution in [0.5, 0.6) is 11.5 Å². The van der Waals surface area contributed by atoms with Gasteiger partial charge in [-0.3, -0.25) is 0 Å². The standard InChI is InChI=1S/C18H14ClNOS/c19-18-8-4-5-14(20-18)13-22-17-11-9-16(10-12-17)21-15-6-2-1-3-7-15/h1-12H,13H2. The number of para-hydroxylation sites is 1. The van der Waals surface area contributed by atoms with Crippen LogP contribution in [0.15, 0.2) is 77.7 Å². The molecule has 0 bridgehead atoms. The number of rotatable bonds is 5. The first-order valence-corrected chi connectivity index (χ1v) is 8.23. The topological polar surface area (TPSA) is 22.1 Å². The Kier molecular flexibility index (Phi) is 4.99. The average Bonchev–Trinajstić information content (AvgIpc) is 2.55. The van der Waals surface area contributed by atoms with Gasteiger partial charge in [-0.1, -0.05) is 35.9 Å². The lowest BCUT2D eigenvalue weighted by Crippen LogP contribution is -1.87. The summed E-state index contributed by atoms with van der Waals surface area (Å²) in [6.07, 6.45) is 0. The molecule has 0 atom stereocenters. The normalized spacial score (nSPS) is 10.4. The minimum absolute atomic E-state index is 0.532. The molecule has 0 aliphatic heterocycles. The summed E-state index contributed by atoms with van der Waals surface area (Å²) < 4.78 is 5.77. The van der Waals surface area contributed by atoms with Gasteiger partial charge in [-0.25, -0.2) is 4.98 Å². The minimum atomic E-state index is 0.532. The largest absolute Gasteiger partial charge is 0.457 e. The summed E-state index contributed by atoms with van der Waals surface area (Å²) in [6, 6.07) is 23.5. The van der Waals surface area contributed by atoms with E-state index in [4.69, 9.17) is 16.3 Å². The Morgan fingerprint density at radius 3 is 2.27 bits per heavy atom. The molecule has 3 rings (SSSR count). The van der Waals surface area contributed by atoms with Crippen LogP contribution < -0.4 is 4.74 Å². The van der Waals surface area contributed by atoms with Gasteiger partial charge in [0.05, 0.1) is 5.69 Å². The van der Waals surface area contributed by atoms with Crippen molar-refractivity contribution in [1.82, 2.24) is 4.98 Å². The third-order valence-corrected chi connectivity index (χ3v) is 4.22. The Labute approximate surface area is 139 Å². The van der Waals surface area contributed by atoms with Crippen molar-refractivity contribution < 1.29 is 4.74 Å². The number of ether oxygens (including phenoxy) is 1. The van der Waals surface area contributed by atoms with Gasteiger partial charge in [-0.2, -0.15) is 0 Å². The van der Waals surface area contributed by atoms with Gasteiger partial charge < -0.3 is 4.74 Å². The molecule has 1 heterocycles. The fourth-order valence-corrected chi connectivity index (χ4v) is 2.90. The van der Waals surface area contributed by atoms with Crippen molar-refractivity contribution in [2.24, 2.45) is 0 Å². The van der Waals surface area contributed by atoms with Gasteiger partial charge in [0.1, 0.15) is 16.7 Å². The molecule has 110 valence electrons. The zero-order valence-electron chi connectivity index (χ0n) is 11.8. The van der Waals surface area contributed by atoms with Crippen molar-refractivity contribution in [2.45, 2.75) is 10.6 Å². The summed E-state index contributed by atoms with van der Waals surface area (Å²) >= 11 is 7.61. The van der Waals surface area contributed by atoms with Crippen molar-refractivity contribution in [1.29, 1.82) is 0 Å². The van der Waals surface area contributed by atoms with Crippen LogP contribution in [-0.4, -0.2) is 4.98 Å². The number of aromatic nitrogens is 1. The summed E-state index contributed by atoms with van der Waals surface area (Å²) in [4.78, 5) is 5.45. The average molecular weight is 328 g/mol. The van der Waals surface area contributed by atoms with Crippen molar-refractivity contribution in [2.75, 3.05) is 0 Å². The van der Waals surface area contributed by atoms with Crippen LogP contribution in [-0.2, 0) is 5.75 Å². The van der Waals surface area contributed by atoms with Crippen LogP contribution in [0.3, 0.4) is 0 Å². The molecule has 2 nitrogen and oxygen atoms in total. The minimum Gasteiger partial charge on any atom is -0.457 e. The van der Waals surface area contributed by atoms with Crippen LogP contribution in [0, 0.1) is 0 Å². The number of benzene rings is 2. The van der Waals surface area contributed by atoms with E-state index in [1.54, 1.807) is 17.8 Å². The lowest BCUT2D eigenvalue weighted by Gasteiger charge is -2.06. The van der Waals surface area contributed by atoms with E-state index < -0.39 is 0 Å².